The Balaban J connectivity index is 1.51. The Kier molecular flexibility index (Phi) is 5.94. The van der Waals surface area contributed by atoms with Gasteiger partial charge in [0.05, 0.1) is 6.54 Å². The molecule has 1 aliphatic heterocycles. The van der Waals surface area contributed by atoms with E-state index in [-0.39, 0.29) is 6.04 Å². The van der Waals surface area contributed by atoms with Gasteiger partial charge < -0.3 is 10.6 Å². The Morgan fingerprint density at radius 2 is 2.22 bits per heavy atom. The summed E-state index contributed by atoms with van der Waals surface area (Å²) in [6.45, 7) is 0.418. The van der Waals surface area contributed by atoms with E-state index >= 15 is 0 Å². The van der Waals surface area contributed by atoms with Gasteiger partial charge in [-0.2, -0.15) is 13.2 Å². The highest BCUT2D eigenvalue weighted by molar-refractivity contribution is 5.80. The van der Waals surface area contributed by atoms with Crippen molar-refractivity contribution >= 4 is 5.96 Å². The number of alkyl halides is 3. The van der Waals surface area contributed by atoms with Gasteiger partial charge in [-0.15, -0.1) is 0 Å². The Morgan fingerprint density at radius 3 is 2.93 bits per heavy atom. The molecule has 1 unspecified atom stereocenters. The summed E-state index contributed by atoms with van der Waals surface area (Å²) in [6.07, 6.45) is 3.37. The van der Waals surface area contributed by atoms with Crippen LogP contribution in [0.15, 0.2) is 42.0 Å². The molecule has 3 rings (SSSR count). The molecule has 0 amide bonds. The Hall–Kier alpha value is -2.62. The summed E-state index contributed by atoms with van der Waals surface area (Å²) in [6, 6.07) is 3.77. The summed E-state index contributed by atoms with van der Waals surface area (Å²) in [5.41, 5.74) is 1.00. The minimum atomic E-state index is -4.16. The maximum absolute atomic E-state index is 12.5. The molecule has 0 bridgehead atoms. The molecule has 2 N–H and O–H groups in total. The fourth-order valence-electron chi connectivity index (χ4n) is 3.03. The topological polar surface area (TPSA) is 70.4 Å². The van der Waals surface area contributed by atoms with Crippen LogP contribution in [0.5, 0.6) is 0 Å². The molecule has 2 aromatic rings. The van der Waals surface area contributed by atoms with Crippen LogP contribution in [0.25, 0.3) is 5.82 Å². The van der Waals surface area contributed by atoms with Gasteiger partial charge in [0.1, 0.15) is 12.1 Å². The number of aromatic nitrogens is 3. The highest BCUT2D eigenvalue weighted by Gasteiger charge is 2.34. The predicted octanol–water partition coefficient (Wildman–Crippen LogP) is 1.57. The second-order valence-electron chi connectivity index (χ2n) is 6.40. The van der Waals surface area contributed by atoms with Gasteiger partial charge in [0.15, 0.2) is 5.96 Å². The quantitative estimate of drug-likeness (QED) is 0.608. The number of imidazole rings is 1. The van der Waals surface area contributed by atoms with Crippen molar-refractivity contribution in [3.63, 3.8) is 0 Å². The molecule has 3 heterocycles. The summed E-state index contributed by atoms with van der Waals surface area (Å²) in [4.78, 5) is 13.9. The van der Waals surface area contributed by atoms with E-state index in [9.17, 15) is 13.2 Å². The number of rotatable bonds is 5. The standard InChI is InChI=1S/C17H22F3N7/c1-21-16(25-14-3-6-26(10-14)11-17(18,19)20)24-9-13-2-4-23-15(8-13)27-7-5-22-12-27/h2,4-5,7-8,12,14H,3,6,9-11H2,1H3,(H2,21,24,25). The van der Waals surface area contributed by atoms with Crippen LogP contribution >= 0.6 is 0 Å². The van der Waals surface area contributed by atoms with Gasteiger partial charge in [-0.3, -0.25) is 14.5 Å². The highest BCUT2D eigenvalue weighted by Crippen LogP contribution is 2.19. The number of pyridine rings is 1. The van der Waals surface area contributed by atoms with Crippen molar-refractivity contribution in [1.29, 1.82) is 0 Å². The van der Waals surface area contributed by atoms with Crippen molar-refractivity contribution in [2.75, 3.05) is 26.7 Å². The third kappa shape index (κ3) is 5.68. The molecule has 0 radical (unpaired) electrons. The van der Waals surface area contributed by atoms with Crippen molar-refractivity contribution in [3.05, 3.63) is 42.6 Å². The lowest BCUT2D eigenvalue weighted by Gasteiger charge is -2.20. The van der Waals surface area contributed by atoms with E-state index in [1.807, 2.05) is 22.9 Å². The van der Waals surface area contributed by atoms with Crippen LogP contribution in [0.1, 0.15) is 12.0 Å². The van der Waals surface area contributed by atoms with Crippen LogP contribution in [-0.4, -0.2) is 64.3 Å². The monoisotopic (exact) mass is 381 g/mol. The van der Waals surface area contributed by atoms with Gasteiger partial charge in [-0.05, 0) is 24.1 Å². The van der Waals surface area contributed by atoms with E-state index in [1.54, 1.807) is 25.8 Å². The van der Waals surface area contributed by atoms with Crippen LogP contribution in [0.4, 0.5) is 13.2 Å². The molecule has 10 heteroatoms. The zero-order valence-corrected chi connectivity index (χ0v) is 14.9. The van der Waals surface area contributed by atoms with E-state index in [0.717, 1.165) is 11.4 Å². The lowest BCUT2D eigenvalue weighted by atomic mass is 10.2. The van der Waals surface area contributed by atoms with Crippen LogP contribution in [0.2, 0.25) is 0 Å². The largest absolute Gasteiger partial charge is 0.401 e. The molecule has 0 saturated carbocycles. The molecule has 1 saturated heterocycles. The number of aliphatic imine (C=N–C) groups is 1. The molecule has 146 valence electrons. The molecule has 0 spiro atoms. The second kappa shape index (κ2) is 8.38. The number of halogens is 3. The van der Waals surface area contributed by atoms with Crippen molar-refractivity contribution in [1.82, 2.24) is 30.1 Å². The Bertz CT molecular complexity index is 758. The number of guanidine groups is 1. The minimum Gasteiger partial charge on any atom is -0.352 e. The van der Waals surface area contributed by atoms with Crippen LogP contribution in [0.3, 0.4) is 0 Å². The maximum Gasteiger partial charge on any atom is 0.401 e. The molecule has 7 nitrogen and oxygen atoms in total. The van der Waals surface area contributed by atoms with Gasteiger partial charge in [-0.1, -0.05) is 0 Å². The summed E-state index contributed by atoms with van der Waals surface area (Å²) in [5, 5.41) is 6.39. The zero-order chi connectivity index (χ0) is 19.3. The lowest BCUT2D eigenvalue weighted by molar-refractivity contribution is -0.143. The van der Waals surface area contributed by atoms with Gasteiger partial charge in [0.25, 0.3) is 0 Å². The molecule has 0 aromatic carbocycles. The van der Waals surface area contributed by atoms with Gasteiger partial charge in [-0.25, -0.2) is 9.97 Å². The fraction of sp³-hybridized carbons (Fsp3) is 0.471. The van der Waals surface area contributed by atoms with Gasteiger partial charge >= 0.3 is 6.18 Å². The number of nitrogens with one attached hydrogen (secondary N) is 2. The zero-order valence-electron chi connectivity index (χ0n) is 14.9. The lowest BCUT2D eigenvalue weighted by Crippen LogP contribution is -2.44. The Morgan fingerprint density at radius 1 is 1.37 bits per heavy atom. The third-order valence-corrected chi connectivity index (χ3v) is 4.28. The summed E-state index contributed by atoms with van der Waals surface area (Å²) in [7, 11) is 1.64. The molecule has 1 aliphatic rings. The fourth-order valence-corrected chi connectivity index (χ4v) is 3.03. The maximum atomic E-state index is 12.5. The van der Waals surface area contributed by atoms with Crippen molar-refractivity contribution in [2.24, 2.45) is 4.99 Å². The number of hydrogen-bond donors (Lipinski definition) is 2. The average Bonchev–Trinajstić information content (AvgIpc) is 3.29. The number of hydrogen-bond acceptors (Lipinski definition) is 4. The third-order valence-electron chi connectivity index (χ3n) is 4.28. The first-order valence-corrected chi connectivity index (χ1v) is 8.62. The minimum absolute atomic E-state index is 0.0579. The van der Waals surface area contributed by atoms with Crippen molar-refractivity contribution in [2.45, 2.75) is 25.2 Å². The SMILES string of the molecule is CN=C(NCc1ccnc(-n2ccnc2)c1)NC1CCN(CC(F)(F)F)C1. The molecular weight excluding hydrogens is 359 g/mol. The molecular formula is C17H22F3N7. The van der Waals surface area contributed by atoms with Crippen LogP contribution < -0.4 is 10.6 Å². The summed E-state index contributed by atoms with van der Waals surface area (Å²) in [5.74, 6) is 1.32. The first-order valence-electron chi connectivity index (χ1n) is 8.62. The number of nitrogens with zero attached hydrogens (tertiary/aromatic N) is 5. The van der Waals surface area contributed by atoms with Crippen molar-refractivity contribution < 1.29 is 13.2 Å². The van der Waals surface area contributed by atoms with Crippen LogP contribution in [-0.2, 0) is 6.54 Å². The molecule has 2 aromatic heterocycles. The number of likely N-dealkylation sites (tertiary alicyclic amines) is 1. The molecule has 0 aliphatic carbocycles. The van der Waals surface area contributed by atoms with Crippen molar-refractivity contribution in [3.8, 4) is 5.82 Å². The summed E-state index contributed by atoms with van der Waals surface area (Å²) < 4.78 is 39.3. The van der Waals surface area contributed by atoms with E-state index in [0.29, 0.717) is 32.0 Å². The predicted molar refractivity (Wildman–Crippen MR) is 95.6 cm³/mol. The van der Waals surface area contributed by atoms with E-state index < -0.39 is 12.7 Å². The average molecular weight is 381 g/mol. The van der Waals surface area contributed by atoms with Gasteiger partial charge in [0.2, 0.25) is 0 Å². The second-order valence-corrected chi connectivity index (χ2v) is 6.40. The van der Waals surface area contributed by atoms with Gasteiger partial charge in [0, 0.05) is 51.3 Å². The van der Waals surface area contributed by atoms with E-state index in [4.69, 9.17) is 0 Å². The normalized spacial score (nSPS) is 18.7. The first kappa shape index (κ1) is 19.2. The molecule has 1 fully saturated rings. The first-order chi connectivity index (χ1) is 12.9. The smallest absolute Gasteiger partial charge is 0.352 e. The molecule has 1 atom stereocenters. The Labute approximate surface area is 155 Å². The van der Waals surface area contributed by atoms with Crippen LogP contribution in [0, 0.1) is 0 Å². The summed E-state index contributed by atoms with van der Waals surface area (Å²) >= 11 is 0. The molecule has 27 heavy (non-hydrogen) atoms. The van der Waals surface area contributed by atoms with E-state index in [2.05, 4.69) is 25.6 Å². The van der Waals surface area contributed by atoms with E-state index in [1.165, 1.54) is 4.90 Å². The highest BCUT2D eigenvalue weighted by atomic mass is 19.4.